The summed E-state index contributed by atoms with van der Waals surface area (Å²) in [5, 5.41) is 1.26. The van der Waals surface area contributed by atoms with Crippen LogP contribution in [0.3, 0.4) is 0 Å². The maximum Gasteiger partial charge on any atom is 0.120 e. The number of hydrogen-bond acceptors (Lipinski definition) is 1. The minimum atomic E-state index is 0.229. The molecule has 86 valence electrons. The van der Waals surface area contributed by atoms with Gasteiger partial charge in [-0.2, -0.15) is 0 Å². The highest BCUT2D eigenvalue weighted by atomic mass is 16.5. The van der Waals surface area contributed by atoms with E-state index in [0.29, 0.717) is 0 Å². The number of benzene rings is 1. The normalized spacial score (nSPS) is 11.3. The van der Waals surface area contributed by atoms with E-state index >= 15 is 0 Å². The number of nitrogens with zero attached hydrogens (tertiary/aromatic N) is 1. The highest BCUT2D eigenvalue weighted by Gasteiger charge is 2.05. The Balaban J connectivity index is 2.46. The van der Waals surface area contributed by atoms with Crippen molar-refractivity contribution < 1.29 is 4.74 Å². The lowest BCUT2D eigenvalue weighted by atomic mass is 10.2. The molecule has 2 rings (SSSR count). The van der Waals surface area contributed by atoms with Crippen molar-refractivity contribution in [3.63, 3.8) is 0 Å². The zero-order valence-corrected chi connectivity index (χ0v) is 10.4. The topological polar surface area (TPSA) is 14.2 Å². The molecule has 0 atom stereocenters. The number of ether oxygens (including phenoxy) is 1. The molecule has 1 aromatic carbocycles. The molecular weight excluding hydrogens is 198 g/mol. The molecule has 16 heavy (non-hydrogen) atoms. The van der Waals surface area contributed by atoms with Crippen molar-refractivity contribution in [2.75, 3.05) is 0 Å². The summed E-state index contributed by atoms with van der Waals surface area (Å²) >= 11 is 0. The molecule has 1 aromatic heterocycles. The van der Waals surface area contributed by atoms with E-state index < -0.39 is 0 Å². The molecule has 0 radical (unpaired) electrons. The predicted molar refractivity (Wildman–Crippen MR) is 68.1 cm³/mol. The van der Waals surface area contributed by atoms with Crippen molar-refractivity contribution in [2.24, 2.45) is 7.05 Å². The van der Waals surface area contributed by atoms with Gasteiger partial charge in [-0.25, -0.2) is 0 Å². The van der Waals surface area contributed by atoms with Crippen molar-refractivity contribution in [1.82, 2.24) is 4.57 Å². The van der Waals surface area contributed by atoms with Gasteiger partial charge in [0.15, 0.2) is 0 Å². The average molecular weight is 217 g/mol. The summed E-state index contributed by atoms with van der Waals surface area (Å²) in [5.74, 6) is 0.954. The van der Waals surface area contributed by atoms with Crippen molar-refractivity contribution >= 4 is 10.9 Å². The van der Waals surface area contributed by atoms with Crippen LogP contribution in [-0.2, 0) is 13.5 Å². The smallest absolute Gasteiger partial charge is 0.120 e. The Hall–Kier alpha value is -1.44. The van der Waals surface area contributed by atoms with E-state index in [1.54, 1.807) is 0 Å². The molecule has 0 saturated heterocycles. The number of fused-ring (bicyclic) bond motifs is 1. The predicted octanol–water partition coefficient (Wildman–Crippen LogP) is 3.53. The Morgan fingerprint density at radius 2 is 2.00 bits per heavy atom. The summed E-state index contributed by atoms with van der Waals surface area (Å²) in [6.07, 6.45) is 1.29. The lowest BCUT2D eigenvalue weighted by Crippen LogP contribution is -2.05. The molecule has 2 aromatic rings. The Morgan fingerprint density at radius 1 is 1.25 bits per heavy atom. The van der Waals surface area contributed by atoms with Crippen LogP contribution < -0.4 is 4.74 Å². The molecular formula is C14H19NO. The first-order valence-corrected chi connectivity index (χ1v) is 5.86. The fourth-order valence-electron chi connectivity index (χ4n) is 2.07. The Labute approximate surface area is 96.8 Å². The number of aromatic nitrogens is 1. The lowest BCUT2D eigenvalue weighted by Gasteiger charge is -2.09. The van der Waals surface area contributed by atoms with Gasteiger partial charge in [-0.3, -0.25) is 0 Å². The van der Waals surface area contributed by atoms with E-state index in [1.165, 1.54) is 16.6 Å². The van der Waals surface area contributed by atoms with Gasteiger partial charge in [0, 0.05) is 23.6 Å². The zero-order valence-electron chi connectivity index (χ0n) is 10.4. The molecule has 0 amide bonds. The maximum absolute atomic E-state index is 5.70. The standard InChI is InChI=1S/C14H19NO/c1-5-12-8-11-9-13(16-10(2)3)6-7-14(11)15(12)4/h6-10H,5H2,1-4H3. The third-order valence-corrected chi connectivity index (χ3v) is 2.85. The second-order valence-electron chi connectivity index (χ2n) is 4.44. The highest BCUT2D eigenvalue weighted by Crippen LogP contribution is 2.24. The van der Waals surface area contributed by atoms with Crippen molar-refractivity contribution in [1.29, 1.82) is 0 Å². The van der Waals surface area contributed by atoms with Crippen LogP contribution in [0.4, 0.5) is 0 Å². The molecule has 0 unspecified atom stereocenters. The summed E-state index contributed by atoms with van der Waals surface area (Å²) in [6, 6.07) is 8.53. The summed E-state index contributed by atoms with van der Waals surface area (Å²) in [7, 11) is 2.12. The monoisotopic (exact) mass is 217 g/mol. The molecule has 0 aliphatic carbocycles. The highest BCUT2D eigenvalue weighted by molar-refractivity contribution is 5.82. The van der Waals surface area contributed by atoms with E-state index in [9.17, 15) is 0 Å². The lowest BCUT2D eigenvalue weighted by molar-refractivity contribution is 0.243. The molecule has 2 heteroatoms. The second kappa shape index (κ2) is 4.20. The number of rotatable bonds is 3. The average Bonchev–Trinajstić information content (AvgIpc) is 2.54. The van der Waals surface area contributed by atoms with Gasteiger partial charge in [-0.15, -0.1) is 0 Å². The van der Waals surface area contributed by atoms with Crippen LogP contribution in [0.1, 0.15) is 26.5 Å². The van der Waals surface area contributed by atoms with Gasteiger partial charge in [0.1, 0.15) is 5.75 Å². The fraction of sp³-hybridized carbons (Fsp3) is 0.429. The van der Waals surface area contributed by atoms with Gasteiger partial charge >= 0.3 is 0 Å². The van der Waals surface area contributed by atoms with Crippen LogP contribution in [0.25, 0.3) is 10.9 Å². The minimum Gasteiger partial charge on any atom is -0.491 e. The van der Waals surface area contributed by atoms with Gasteiger partial charge in [0.2, 0.25) is 0 Å². The van der Waals surface area contributed by atoms with E-state index in [1.807, 2.05) is 19.9 Å². The van der Waals surface area contributed by atoms with Gasteiger partial charge in [-0.05, 0) is 44.5 Å². The molecule has 0 saturated carbocycles. The summed E-state index contributed by atoms with van der Waals surface area (Å²) in [4.78, 5) is 0. The third-order valence-electron chi connectivity index (χ3n) is 2.85. The quantitative estimate of drug-likeness (QED) is 0.767. The Kier molecular flexibility index (Phi) is 2.90. The molecule has 0 bridgehead atoms. The van der Waals surface area contributed by atoms with Crippen LogP contribution in [0.5, 0.6) is 5.75 Å². The van der Waals surface area contributed by atoms with Crippen LogP contribution in [0.15, 0.2) is 24.3 Å². The molecule has 0 fully saturated rings. The number of hydrogen-bond donors (Lipinski definition) is 0. The largest absolute Gasteiger partial charge is 0.491 e. The van der Waals surface area contributed by atoms with Gasteiger partial charge in [0.05, 0.1) is 6.10 Å². The minimum absolute atomic E-state index is 0.229. The van der Waals surface area contributed by atoms with Crippen molar-refractivity contribution in [3.8, 4) is 5.75 Å². The molecule has 1 heterocycles. The molecule has 0 N–H and O–H groups in total. The number of aryl methyl sites for hydroxylation is 2. The van der Waals surface area contributed by atoms with Crippen LogP contribution in [-0.4, -0.2) is 10.7 Å². The summed E-state index contributed by atoms with van der Waals surface area (Å²) in [5.41, 5.74) is 2.63. The van der Waals surface area contributed by atoms with Gasteiger partial charge in [-0.1, -0.05) is 6.92 Å². The Bertz CT molecular complexity index is 497. The first-order valence-electron chi connectivity index (χ1n) is 5.86. The molecule has 2 nitrogen and oxygen atoms in total. The molecule has 0 spiro atoms. The SMILES string of the molecule is CCc1cc2cc(OC(C)C)ccc2n1C. The van der Waals surface area contributed by atoms with Crippen molar-refractivity contribution in [2.45, 2.75) is 33.3 Å². The van der Waals surface area contributed by atoms with Gasteiger partial charge in [0.25, 0.3) is 0 Å². The maximum atomic E-state index is 5.70. The first kappa shape index (κ1) is 11.1. The van der Waals surface area contributed by atoms with Crippen LogP contribution in [0, 0.1) is 0 Å². The van der Waals surface area contributed by atoms with Crippen LogP contribution >= 0.6 is 0 Å². The third kappa shape index (κ3) is 1.92. The Morgan fingerprint density at radius 3 is 2.62 bits per heavy atom. The first-order chi connectivity index (χ1) is 7.61. The van der Waals surface area contributed by atoms with E-state index in [-0.39, 0.29) is 6.10 Å². The zero-order chi connectivity index (χ0) is 11.7. The molecule has 0 aliphatic rings. The van der Waals surface area contributed by atoms with E-state index in [0.717, 1.165) is 12.2 Å². The van der Waals surface area contributed by atoms with Crippen LogP contribution in [0.2, 0.25) is 0 Å². The molecule has 0 aliphatic heterocycles. The summed E-state index contributed by atoms with van der Waals surface area (Å²) < 4.78 is 7.94. The summed E-state index contributed by atoms with van der Waals surface area (Å²) in [6.45, 7) is 6.28. The second-order valence-corrected chi connectivity index (χ2v) is 4.44. The van der Waals surface area contributed by atoms with Crippen molar-refractivity contribution in [3.05, 3.63) is 30.0 Å². The van der Waals surface area contributed by atoms with E-state index in [4.69, 9.17) is 4.74 Å². The fourth-order valence-corrected chi connectivity index (χ4v) is 2.07. The van der Waals surface area contributed by atoms with Gasteiger partial charge < -0.3 is 9.30 Å². The van der Waals surface area contributed by atoms with E-state index in [2.05, 4.69) is 36.7 Å².